The van der Waals surface area contributed by atoms with E-state index in [0.717, 1.165) is 4.70 Å². The minimum Gasteiger partial charge on any atom is -0.481 e. The number of allylic oxidation sites excluding steroid dienone is 2. The summed E-state index contributed by atoms with van der Waals surface area (Å²) >= 11 is 1.30. The van der Waals surface area contributed by atoms with Crippen LogP contribution in [0.4, 0.5) is 21.0 Å². The molecule has 1 saturated carbocycles. The van der Waals surface area contributed by atoms with Crippen molar-refractivity contribution < 1.29 is 19.1 Å². The number of nitrogens with zero attached hydrogens (tertiary/aromatic N) is 2. The zero-order valence-corrected chi connectivity index (χ0v) is 16.4. The number of hydrogen-bond acceptors (Lipinski definition) is 6. The van der Waals surface area contributed by atoms with Crippen LogP contribution in [0.25, 0.3) is 10.2 Å². The first-order valence-corrected chi connectivity index (χ1v) is 10.3. The molecule has 0 radical (unpaired) electrons. The van der Waals surface area contributed by atoms with E-state index in [2.05, 4.69) is 20.6 Å². The number of amides is 1. The van der Waals surface area contributed by atoms with Crippen LogP contribution in [0.5, 0.6) is 0 Å². The number of fused-ring (bicyclic) bond motifs is 3. The Bertz CT molecular complexity index is 1190. The highest BCUT2D eigenvalue weighted by atomic mass is 32.1. The average molecular weight is 424 g/mol. The van der Waals surface area contributed by atoms with Crippen molar-refractivity contribution in [2.75, 3.05) is 10.6 Å². The van der Waals surface area contributed by atoms with Crippen molar-refractivity contribution in [3.8, 4) is 0 Å². The lowest BCUT2D eigenvalue weighted by molar-refractivity contribution is -0.146. The number of pyridine rings is 1. The number of carbonyl (C=O) groups is 2. The Balaban J connectivity index is 1.35. The van der Waals surface area contributed by atoms with Gasteiger partial charge in [0.05, 0.1) is 22.1 Å². The van der Waals surface area contributed by atoms with Gasteiger partial charge in [-0.3, -0.25) is 9.59 Å². The summed E-state index contributed by atoms with van der Waals surface area (Å²) in [5.74, 6) is -2.82. The van der Waals surface area contributed by atoms with Crippen LogP contribution in [0.3, 0.4) is 0 Å². The fourth-order valence-electron chi connectivity index (χ4n) is 4.39. The van der Waals surface area contributed by atoms with Crippen molar-refractivity contribution in [1.82, 2.24) is 9.97 Å². The van der Waals surface area contributed by atoms with Gasteiger partial charge in [-0.25, -0.2) is 9.97 Å². The number of rotatable bonds is 5. The molecule has 0 aliphatic heterocycles. The standard InChI is InChI=1S/C21H17FN4O3S/c22-15-2-1-3-16(25-15)23-12-6-7-13-14(9-12)30-21(24-13)26-19(27)17-10-4-5-11(8-10)18(17)20(28)29/h1-7,9-11,17-18H,8H2,(H,23,25)(H,28,29)(H,24,26,27). The van der Waals surface area contributed by atoms with Crippen LogP contribution >= 0.6 is 11.3 Å². The normalized spacial score (nSPS) is 24.3. The molecule has 152 valence electrons. The second kappa shape index (κ2) is 7.17. The highest BCUT2D eigenvalue weighted by Crippen LogP contribution is 2.48. The molecule has 2 heterocycles. The van der Waals surface area contributed by atoms with Crippen LogP contribution in [-0.4, -0.2) is 27.0 Å². The van der Waals surface area contributed by atoms with Gasteiger partial charge < -0.3 is 15.7 Å². The maximum atomic E-state index is 13.3. The Morgan fingerprint density at radius 3 is 2.67 bits per heavy atom. The number of hydrogen-bond donors (Lipinski definition) is 3. The Kier molecular flexibility index (Phi) is 4.47. The number of carbonyl (C=O) groups excluding carboxylic acids is 1. The molecule has 3 N–H and O–H groups in total. The highest BCUT2D eigenvalue weighted by molar-refractivity contribution is 7.22. The predicted octanol–water partition coefficient (Wildman–Crippen LogP) is 4.04. The largest absolute Gasteiger partial charge is 0.481 e. The summed E-state index contributed by atoms with van der Waals surface area (Å²) in [4.78, 5) is 32.7. The first-order chi connectivity index (χ1) is 14.5. The second-order valence-electron chi connectivity index (χ2n) is 7.50. The van der Waals surface area contributed by atoms with Crippen molar-refractivity contribution in [1.29, 1.82) is 0 Å². The van der Waals surface area contributed by atoms with E-state index in [0.29, 0.717) is 28.6 Å². The number of thiazole rings is 1. The Hall–Kier alpha value is -3.33. The van der Waals surface area contributed by atoms with E-state index in [1.54, 1.807) is 24.3 Å². The molecule has 2 aromatic heterocycles. The van der Waals surface area contributed by atoms with E-state index in [4.69, 9.17) is 0 Å². The molecule has 5 rings (SSSR count). The molecule has 2 aliphatic carbocycles. The van der Waals surface area contributed by atoms with Crippen LogP contribution in [0, 0.1) is 29.6 Å². The monoisotopic (exact) mass is 424 g/mol. The number of aromatic nitrogens is 2. The summed E-state index contributed by atoms with van der Waals surface area (Å²) in [6.45, 7) is 0. The molecule has 1 fully saturated rings. The third kappa shape index (κ3) is 3.30. The van der Waals surface area contributed by atoms with Gasteiger partial charge in [0.1, 0.15) is 5.82 Å². The second-order valence-corrected chi connectivity index (χ2v) is 8.53. The Morgan fingerprint density at radius 2 is 1.90 bits per heavy atom. The number of aliphatic carboxylic acids is 1. The van der Waals surface area contributed by atoms with Gasteiger partial charge in [0.25, 0.3) is 0 Å². The van der Waals surface area contributed by atoms with Gasteiger partial charge in [-0.1, -0.05) is 29.6 Å². The van der Waals surface area contributed by atoms with E-state index < -0.39 is 23.8 Å². The van der Waals surface area contributed by atoms with Gasteiger partial charge in [-0.05, 0) is 48.6 Å². The molecule has 1 aromatic carbocycles. The van der Waals surface area contributed by atoms with Gasteiger partial charge in [0.2, 0.25) is 11.9 Å². The molecule has 4 atom stereocenters. The summed E-state index contributed by atoms with van der Waals surface area (Å²) < 4.78 is 14.1. The van der Waals surface area contributed by atoms with Gasteiger partial charge in [0.15, 0.2) is 5.13 Å². The van der Waals surface area contributed by atoms with E-state index >= 15 is 0 Å². The number of benzene rings is 1. The number of carboxylic acids is 1. The van der Waals surface area contributed by atoms with E-state index in [1.165, 1.54) is 17.4 Å². The Labute approximate surface area is 174 Å². The van der Waals surface area contributed by atoms with E-state index in [1.807, 2.05) is 18.2 Å². The molecule has 3 aromatic rings. The van der Waals surface area contributed by atoms with Gasteiger partial charge >= 0.3 is 5.97 Å². The van der Waals surface area contributed by atoms with Crippen LogP contribution in [0.2, 0.25) is 0 Å². The number of nitrogens with one attached hydrogen (secondary N) is 2. The number of carboxylic acid groups (broad SMARTS) is 1. The van der Waals surface area contributed by atoms with Gasteiger partial charge in [-0.2, -0.15) is 4.39 Å². The third-order valence-corrected chi connectivity index (χ3v) is 6.59. The quantitative estimate of drug-likeness (QED) is 0.422. The molecule has 2 aliphatic rings. The molecule has 30 heavy (non-hydrogen) atoms. The molecule has 7 nitrogen and oxygen atoms in total. The van der Waals surface area contributed by atoms with Crippen LogP contribution in [0.1, 0.15) is 6.42 Å². The van der Waals surface area contributed by atoms with Crippen LogP contribution < -0.4 is 10.6 Å². The van der Waals surface area contributed by atoms with Crippen molar-refractivity contribution in [2.24, 2.45) is 23.7 Å². The molecule has 4 unspecified atom stereocenters. The lowest BCUT2D eigenvalue weighted by atomic mass is 9.82. The van der Waals surface area contributed by atoms with Gasteiger partial charge in [0, 0.05) is 5.69 Å². The van der Waals surface area contributed by atoms with Crippen molar-refractivity contribution in [3.63, 3.8) is 0 Å². The first kappa shape index (κ1) is 18.7. The Morgan fingerprint density at radius 1 is 1.10 bits per heavy atom. The zero-order valence-electron chi connectivity index (χ0n) is 15.6. The number of halogens is 1. The van der Waals surface area contributed by atoms with E-state index in [9.17, 15) is 19.1 Å². The summed E-state index contributed by atoms with van der Waals surface area (Å²) in [6, 6.07) is 9.93. The molecule has 9 heteroatoms. The third-order valence-electron chi connectivity index (χ3n) is 5.65. The zero-order chi connectivity index (χ0) is 20.8. The smallest absolute Gasteiger partial charge is 0.307 e. The molecule has 0 saturated heterocycles. The van der Waals surface area contributed by atoms with Crippen molar-refractivity contribution >= 4 is 50.1 Å². The molecular weight excluding hydrogens is 407 g/mol. The van der Waals surface area contributed by atoms with Crippen LogP contribution in [0.15, 0.2) is 48.6 Å². The number of anilines is 3. The summed E-state index contributed by atoms with van der Waals surface area (Å²) in [5, 5.41) is 15.8. The molecule has 0 spiro atoms. The maximum Gasteiger partial charge on any atom is 0.307 e. The first-order valence-electron chi connectivity index (χ1n) is 9.50. The SMILES string of the molecule is O=C(O)C1C2C=CC(C2)C1C(=O)Nc1nc2ccc(Nc3cccc(F)n3)cc2s1. The minimum atomic E-state index is -0.932. The average Bonchev–Trinajstić information content (AvgIpc) is 3.41. The predicted molar refractivity (Wildman–Crippen MR) is 111 cm³/mol. The summed E-state index contributed by atoms with van der Waals surface area (Å²) in [7, 11) is 0. The fraction of sp³-hybridized carbons (Fsp3) is 0.238. The molecule has 2 bridgehead atoms. The summed E-state index contributed by atoms with van der Waals surface area (Å²) in [5.41, 5.74) is 1.42. The lowest BCUT2D eigenvalue weighted by Gasteiger charge is -2.23. The van der Waals surface area contributed by atoms with E-state index in [-0.39, 0.29) is 17.7 Å². The fourth-order valence-corrected chi connectivity index (χ4v) is 5.29. The topological polar surface area (TPSA) is 104 Å². The highest BCUT2D eigenvalue weighted by Gasteiger charge is 2.51. The lowest BCUT2D eigenvalue weighted by Crippen LogP contribution is -2.36. The van der Waals surface area contributed by atoms with Crippen molar-refractivity contribution in [2.45, 2.75) is 6.42 Å². The molecular formula is C21H17FN4O3S. The van der Waals surface area contributed by atoms with Gasteiger partial charge in [-0.15, -0.1) is 0 Å². The molecule has 1 amide bonds. The minimum absolute atomic E-state index is 0.0416. The van der Waals surface area contributed by atoms with Crippen molar-refractivity contribution in [3.05, 3.63) is 54.5 Å². The maximum absolute atomic E-state index is 13.3. The van der Waals surface area contributed by atoms with Crippen LogP contribution in [-0.2, 0) is 9.59 Å². The summed E-state index contributed by atoms with van der Waals surface area (Å²) in [6.07, 6.45) is 4.57.